The Hall–Kier alpha value is -6.80. The van der Waals surface area contributed by atoms with E-state index in [-0.39, 0.29) is 72.1 Å². The van der Waals surface area contributed by atoms with Gasteiger partial charge in [-0.25, -0.2) is 4.98 Å². The number of nitrogens with one attached hydrogen (secondary N) is 4. The molecule has 0 radical (unpaired) electrons. The predicted molar refractivity (Wildman–Crippen MR) is 330 cm³/mol. The van der Waals surface area contributed by atoms with Crippen molar-refractivity contribution < 1.29 is 46.7 Å². The third-order valence-electron chi connectivity index (χ3n) is 17.7. The number of amides is 6. The summed E-state index contributed by atoms with van der Waals surface area (Å²) in [6.07, 6.45) is 12.3. The second-order valence-electron chi connectivity index (χ2n) is 24.3. The molecule has 6 fully saturated rings. The minimum atomic E-state index is -4.00. The van der Waals surface area contributed by atoms with Crippen molar-refractivity contribution in [3.63, 3.8) is 0 Å². The summed E-state index contributed by atoms with van der Waals surface area (Å²) in [5.41, 5.74) is 5.81. The number of carbonyl (C=O) groups is 6. The van der Waals surface area contributed by atoms with Crippen LogP contribution in [0, 0.1) is 37.5 Å². The van der Waals surface area contributed by atoms with Crippen LogP contribution in [0.3, 0.4) is 0 Å². The molecule has 6 saturated heterocycles. The van der Waals surface area contributed by atoms with E-state index < -0.39 is 30.3 Å². The SMILES string of the molecule is CC.CC(F)(F)F.COc1ccc(CNC(=O)[C@@H]2C[C@@H](Cc3ccc(C)cc3)CN2C(=O)[C@@H]2NCCC[C@@H]2C(=O)N2CCCC2)cc1.Cc1ccc(C[C@@H]2C[C@@H](C(=O)NCCCn3ccnc3)N(C(=O)[C@@H]3NCCC[C@@H]3C(=O)N3CCC[C@@H]3C)C2)cc1. The molecule has 4 N–H and O–H groups in total. The second-order valence-corrected chi connectivity index (χ2v) is 24.3. The molecule has 9 atom stereocenters. The molecule has 87 heavy (non-hydrogen) atoms. The van der Waals surface area contributed by atoms with Crippen LogP contribution in [0.4, 0.5) is 13.2 Å². The van der Waals surface area contributed by atoms with Gasteiger partial charge < -0.3 is 50.2 Å². The number of halogens is 3. The van der Waals surface area contributed by atoms with E-state index in [1.165, 1.54) is 22.3 Å². The number of hydrogen-bond donors (Lipinski definition) is 4. The number of piperidine rings is 2. The van der Waals surface area contributed by atoms with E-state index in [1.807, 2.05) is 58.7 Å². The summed E-state index contributed by atoms with van der Waals surface area (Å²) in [4.78, 5) is 93.9. The van der Waals surface area contributed by atoms with Crippen molar-refractivity contribution in [3.05, 3.63) is 119 Å². The summed E-state index contributed by atoms with van der Waals surface area (Å²) in [5.74, 6) is 0.0685. The largest absolute Gasteiger partial charge is 0.497 e. The van der Waals surface area contributed by atoms with Crippen LogP contribution in [0.2, 0.25) is 0 Å². The first kappa shape index (κ1) is 67.7. The summed E-state index contributed by atoms with van der Waals surface area (Å²) in [5, 5.41) is 12.9. The summed E-state index contributed by atoms with van der Waals surface area (Å²) in [6.45, 7) is 16.9. The molecule has 20 heteroatoms. The molecular weight excluding hydrogens is 1110 g/mol. The summed E-state index contributed by atoms with van der Waals surface area (Å²) < 4.78 is 38.3. The van der Waals surface area contributed by atoms with Crippen LogP contribution in [-0.2, 0) is 54.7 Å². The second kappa shape index (κ2) is 33.0. The number of nitrogens with zero attached hydrogens (tertiary/aromatic N) is 6. The van der Waals surface area contributed by atoms with Gasteiger partial charge in [-0.1, -0.05) is 85.6 Å². The molecule has 0 spiro atoms. The van der Waals surface area contributed by atoms with Crippen molar-refractivity contribution >= 4 is 35.4 Å². The number of imidazole rings is 1. The number of methoxy groups -OCH3 is 1. The van der Waals surface area contributed by atoms with Crippen LogP contribution in [-0.4, -0.2) is 160 Å². The van der Waals surface area contributed by atoms with Gasteiger partial charge in [-0.3, -0.25) is 28.8 Å². The molecule has 0 saturated carbocycles. The highest BCUT2D eigenvalue weighted by molar-refractivity contribution is 5.95. The molecule has 17 nitrogen and oxygen atoms in total. The van der Waals surface area contributed by atoms with Gasteiger partial charge in [0.05, 0.1) is 37.4 Å². The minimum absolute atomic E-state index is 0.0824. The van der Waals surface area contributed by atoms with Gasteiger partial charge in [0, 0.05) is 77.7 Å². The van der Waals surface area contributed by atoms with Gasteiger partial charge >= 0.3 is 6.18 Å². The fourth-order valence-electron chi connectivity index (χ4n) is 13.1. The number of likely N-dealkylation sites (tertiary alicyclic amines) is 4. The molecule has 0 aliphatic carbocycles. The molecule has 6 aliphatic rings. The first-order valence-corrected chi connectivity index (χ1v) is 31.8. The predicted octanol–water partition coefficient (Wildman–Crippen LogP) is 8.20. The van der Waals surface area contributed by atoms with E-state index in [0.717, 1.165) is 95.3 Å². The number of aromatic nitrogens is 2. The zero-order chi connectivity index (χ0) is 62.6. The van der Waals surface area contributed by atoms with Crippen LogP contribution in [0.25, 0.3) is 0 Å². The average molecular weight is 1210 g/mol. The lowest BCUT2D eigenvalue weighted by molar-refractivity contribution is -0.147. The van der Waals surface area contributed by atoms with Crippen LogP contribution >= 0.6 is 0 Å². The molecule has 7 heterocycles. The highest BCUT2D eigenvalue weighted by Gasteiger charge is 2.48. The zero-order valence-corrected chi connectivity index (χ0v) is 52.3. The quantitative estimate of drug-likeness (QED) is 0.0750. The van der Waals surface area contributed by atoms with Crippen LogP contribution < -0.4 is 26.0 Å². The number of aryl methyl sites for hydroxylation is 3. The van der Waals surface area contributed by atoms with Crippen molar-refractivity contribution in [1.29, 1.82) is 0 Å². The number of alkyl halides is 3. The average Bonchev–Trinajstić information content (AvgIpc) is 2.48. The van der Waals surface area contributed by atoms with Gasteiger partial charge in [0.2, 0.25) is 35.4 Å². The minimum Gasteiger partial charge on any atom is -0.497 e. The van der Waals surface area contributed by atoms with Gasteiger partial charge in [-0.15, -0.1) is 0 Å². The van der Waals surface area contributed by atoms with E-state index in [4.69, 9.17) is 4.74 Å². The third kappa shape index (κ3) is 19.6. The van der Waals surface area contributed by atoms with Crippen molar-refractivity contribution in [1.82, 2.24) is 50.4 Å². The summed E-state index contributed by atoms with van der Waals surface area (Å²) in [7, 11) is 1.62. The van der Waals surface area contributed by atoms with E-state index >= 15 is 0 Å². The zero-order valence-electron chi connectivity index (χ0n) is 52.3. The van der Waals surface area contributed by atoms with Crippen molar-refractivity contribution in [2.24, 2.45) is 23.7 Å². The molecule has 1 aromatic heterocycles. The van der Waals surface area contributed by atoms with Crippen molar-refractivity contribution in [2.45, 2.75) is 174 Å². The number of rotatable bonds is 17. The van der Waals surface area contributed by atoms with Crippen molar-refractivity contribution in [3.8, 4) is 5.75 Å². The van der Waals surface area contributed by atoms with Gasteiger partial charge in [0.25, 0.3) is 0 Å². The lowest BCUT2D eigenvalue weighted by Crippen LogP contribution is -2.59. The molecular formula is C67H95F3N10O7. The van der Waals surface area contributed by atoms with E-state index in [9.17, 15) is 41.9 Å². The number of hydrogen-bond acceptors (Lipinski definition) is 10. The number of ether oxygens (including phenoxy) is 1. The molecule has 6 amide bonds. The standard InChI is InChI=1S/C32H42N4O4.C31H44N6O3.C2H3F3.C2H6/c1-22-7-9-23(10-8-22)18-25-19-28(30(37)34-20-24-11-13-26(40-2)14-12-24)36(21-25)32(39)29-27(6-5-15-33-29)31(38)35-16-3-4-17-35;1-22-8-10-24(11-9-22)18-25-19-27(29(38)34-13-5-15-35-17-14-32-21-35)37(20-25)31(40)28-26(7-3-12-33-28)30(39)36-16-4-6-23(36)2;1-2(3,4)5;1-2/h7-14,25,27-29,33H,3-6,15-21H2,1-2H3,(H,34,37);8-11,14,17,21,23,25-28,33H,3-7,12-13,15-16,18-20H2,1-2H3,(H,34,38);1H3;1-2H3/t25-,27+,28+,29-;23-,25+,26-,27-,28+;;/m10../s1. The van der Waals surface area contributed by atoms with Gasteiger partial charge in [-0.05, 0) is 158 Å². The van der Waals surface area contributed by atoms with Gasteiger partial charge in [0.15, 0.2) is 0 Å². The fraction of sp³-hybridized carbons (Fsp3) is 0.597. The Labute approximate surface area is 513 Å². The fourth-order valence-corrected chi connectivity index (χ4v) is 13.1. The lowest BCUT2D eigenvalue weighted by Gasteiger charge is -2.37. The first-order chi connectivity index (χ1) is 41.8. The Bertz CT molecular complexity index is 2810. The Morgan fingerprint density at radius 3 is 1.60 bits per heavy atom. The van der Waals surface area contributed by atoms with Gasteiger partial charge in [0.1, 0.15) is 17.8 Å². The molecule has 0 bridgehead atoms. The molecule has 476 valence electrons. The third-order valence-corrected chi connectivity index (χ3v) is 17.7. The molecule has 3 aromatic carbocycles. The maximum Gasteiger partial charge on any atom is 0.386 e. The molecule has 6 aliphatic heterocycles. The van der Waals surface area contributed by atoms with Crippen LogP contribution in [0.1, 0.15) is 126 Å². The Morgan fingerprint density at radius 1 is 0.632 bits per heavy atom. The van der Waals surface area contributed by atoms with E-state index in [1.54, 1.807) is 29.4 Å². The van der Waals surface area contributed by atoms with E-state index in [0.29, 0.717) is 65.0 Å². The molecule has 4 aromatic rings. The first-order valence-electron chi connectivity index (χ1n) is 31.8. The van der Waals surface area contributed by atoms with Crippen LogP contribution in [0.15, 0.2) is 91.5 Å². The Morgan fingerprint density at radius 2 is 1.13 bits per heavy atom. The van der Waals surface area contributed by atoms with E-state index in [2.05, 4.69) is 95.6 Å². The van der Waals surface area contributed by atoms with Crippen molar-refractivity contribution in [2.75, 3.05) is 59.5 Å². The topological polar surface area (TPSA) is 191 Å². The number of benzene rings is 3. The highest BCUT2D eigenvalue weighted by Crippen LogP contribution is 2.34. The van der Waals surface area contributed by atoms with Gasteiger partial charge in [-0.2, -0.15) is 13.2 Å². The maximum atomic E-state index is 14.2. The maximum absolute atomic E-state index is 14.2. The Balaban J connectivity index is 0.000000225. The highest BCUT2D eigenvalue weighted by atomic mass is 19.4. The smallest absolute Gasteiger partial charge is 0.386 e. The monoisotopic (exact) mass is 1210 g/mol. The summed E-state index contributed by atoms with van der Waals surface area (Å²) >= 11 is 0. The Kier molecular flexibility index (Phi) is 25.7. The van der Waals surface area contributed by atoms with Crippen LogP contribution in [0.5, 0.6) is 5.75 Å². The number of carbonyl (C=O) groups excluding carboxylic acids is 6. The molecule has 10 rings (SSSR count). The lowest BCUT2D eigenvalue weighted by atomic mass is 9.88. The normalized spacial score (nSPS) is 24.4. The summed E-state index contributed by atoms with van der Waals surface area (Å²) in [6, 6.07) is 22.5. The molecule has 0 unspecified atom stereocenters.